The van der Waals surface area contributed by atoms with Crippen molar-refractivity contribution in [2.45, 2.75) is 31.7 Å². The molecule has 168 valence electrons. The van der Waals surface area contributed by atoms with Gasteiger partial charge >= 0.3 is 0 Å². The lowest BCUT2D eigenvalue weighted by Gasteiger charge is -2.26. The summed E-state index contributed by atoms with van der Waals surface area (Å²) in [7, 11) is -4.03. The molecule has 8 heteroatoms. The molecule has 0 spiro atoms. The van der Waals surface area contributed by atoms with Gasteiger partial charge in [-0.25, -0.2) is 12.8 Å². The first-order chi connectivity index (χ1) is 15.1. The fourth-order valence-corrected chi connectivity index (χ4v) is 5.00. The highest BCUT2D eigenvalue weighted by molar-refractivity contribution is 7.92. The average molecular weight is 475 g/mol. The van der Waals surface area contributed by atoms with Crippen LogP contribution in [0.4, 0.5) is 10.1 Å². The maximum atomic E-state index is 13.5. The first-order valence-corrected chi connectivity index (χ1v) is 11.8. The van der Waals surface area contributed by atoms with E-state index in [0.717, 1.165) is 9.87 Å². The maximum Gasteiger partial charge on any atom is 0.264 e. The normalized spacial score (nSPS) is 12.3. The monoisotopic (exact) mass is 474 g/mol. The highest BCUT2D eigenvalue weighted by Crippen LogP contribution is 2.29. The van der Waals surface area contributed by atoms with E-state index in [2.05, 4.69) is 5.32 Å². The minimum absolute atomic E-state index is 0.0804. The van der Waals surface area contributed by atoms with E-state index in [1.54, 1.807) is 56.3 Å². The SMILES string of the molecule is Cc1ccc(S(=O)(=O)N(CC(=O)N[C@@H](C)c2ccc(F)cc2)c2ccc(Cl)cc2C)cc1. The Bertz CT molecular complexity index is 1210. The summed E-state index contributed by atoms with van der Waals surface area (Å²) in [6, 6.07) is 16.6. The largest absolute Gasteiger partial charge is 0.348 e. The third kappa shape index (κ3) is 5.47. The van der Waals surface area contributed by atoms with Crippen molar-refractivity contribution in [3.05, 3.63) is 94.3 Å². The lowest BCUT2D eigenvalue weighted by molar-refractivity contribution is -0.120. The summed E-state index contributed by atoms with van der Waals surface area (Å²) in [5.41, 5.74) is 2.60. The second kappa shape index (κ2) is 9.71. The molecule has 0 fully saturated rings. The topological polar surface area (TPSA) is 66.5 Å². The summed E-state index contributed by atoms with van der Waals surface area (Å²) in [5, 5.41) is 3.25. The van der Waals surface area contributed by atoms with Gasteiger partial charge in [-0.3, -0.25) is 9.10 Å². The Balaban J connectivity index is 1.92. The van der Waals surface area contributed by atoms with E-state index in [-0.39, 0.29) is 10.7 Å². The van der Waals surface area contributed by atoms with Gasteiger partial charge in [-0.05, 0) is 74.4 Å². The van der Waals surface area contributed by atoms with Crippen LogP contribution in [0.5, 0.6) is 0 Å². The Morgan fingerprint density at radius 2 is 1.66 bits per heavy atom. The molecule has 1 atom stereocenters. The number of amides is 1. The van der Waals surface area contributed by atoms with Gasteiger partial charge in [0, 0.05) is 5.02 Å². The first kappa shape index (κ1) is 23.8. The Morgan fingerprint density at radius 3 is 2.25 bits per heavy atom. The molecule has 0 heterocycles. The molecule has 0 radical (unpaired) electrons. The van der Waals surface area contributed by atoms with Crippen LogP contribution in [-0.4, -0.2) is 20.9 Å². The van der Waals surface area contributed by atoms with Crippen molar-refractivity contribution in [1.82, 2.24) is 5.32 Å². The molecule has 3 rings (SSSR count). The molecule has 0 bridgehead atoms. The number of sulfonamides is 1. The minimum atomic E-state index is -4.03. The lowest BCUT2D eigenvalue weighted by Crippen LogP contribution is -2.41. The molecular formula is C24H24ClFN2O3S. The van der Waals surface area contributed by atoms with Crippen LogP contribution >= 0.6 is 11.6 Å². The zero-order valence-electron chi connectivity index (χ0n) is 18.0. The number of hydrogen-bond acceptors (Lipinski definition) is 3. The summed E-state index contributed by atoms with van der Waals surface area (Å²) in [4.78, 5) is 13.0. The van der Waals surface area contributed by atoms with Crippen LogP contribution in [0.1, 0.15) is 29.7 Å². The molecule has 1 amide bonds. The van der Waals surface area contributed by atoms with E-state index in [0.29, 0.717) is 21.8 Å². The van der Waals surface area contributed by atoms with Gasteiger partial charge in [0.15, 0.2) is 0 Å². The number of nitrogens with zero attached hydrogens (tertiary/aromatic N) is 1. The van der Waals surface area contributed by atoms with Crippen LogP contribution in [0.3, 0.4) is 0 Å². The predicted molar refractivity (Wildman–Crippen MR) is 125 cm³/mol. The number of carbonyl (C=O) groups excluding carboxylic acids is 1. The van der Waals surface area contributed by atoms with Gasteiger partial charge in [-0.15, -0.1) is 0 Å². The number of rotatable bonds is 7. The second-order valence-corrected chi connectivity index (χ2v) is 9.90. The number of nitrogens with one attached hydrogen (secondary N) is 1. The fraction of sp³-hybridized carbons (Fsp3) is 0.208. The Kier molecular flexibility index (Phi) is 7.21. The van der Waals surface area contributed by atoms with Crippen LogP contribution < -0.4 is 9.62 Å². The van der Waals surface area contributed by atoms with Crippen molar-refractivity contribution >= 4 is 33.2 Å². The molecule has 0 aliphatic heterocycles. The molecule has 0 aliphatic rings. The van der Waals surface area contributed by atoms with E-state index < -0.39 is 28.5 Å². The zero-order chi connectivity index (χ0) is 23.5. The molecule has 0 saturated carbocycles. The third-order valence-electron chi connectivity index (χ3n) is 5.07. The molecule has 32 heavy (non-hydrogen) atoms. The second-order valence-electron chi connectivity index (χ2n) is 7.60. The Hall–Kier alpha value is -2.90. The van der Waals surface area contributed by atoms with Gasteiger partial charge in [0.05, 0.1) is 16.6 Å². The zero-order valence-corrected chi connectivity index (χ0v) is 19.5. The number of carbonyl (C=O) groups is 1. The van der Waals surface area contributed by atoms with Gasteiger partial charge in [0.2, 0.25) is 5.91 Å². The van der Waals surface area contributed by atoms with Crippen LogP contribution in [-0.2, 0) is 14.8 Å². The van der Waals surface area contributed by atoms with E-state index in [1.807, 2.05) is 6.92 Å². The van der Waals surface area contributed by atoms with Crippen molar-refractivity contribution in [2.24, 2.45) is 0 Å². The number of benzene rings is 3. The Labute approximate surface area is 192 Å². The molecule has 0 aliphatic carbocycles. The van der Waals surface area contributed by atoms with Crippen LogP contribution in [0.2, 0.25) is 5.02 Å². The molecule has 1 N–H and O–H groups in total. The average Bonchev–Trinajstić information content (AvgIpc) is 2.73. The van der Waals surface area contributed by atoms with Crippen molar-refractivity contribution in [3.63, 3.8) is 0 Å². The van der Waals surface area contributed by atoms with Crippen LogP contribution in [0.15, 0.2) is 71.6 Å². The molecule has 3 aromatic carbocycles. The molecule has 5 nitrogen and oxygen atoms in total. The summed E-state index contributed by atoms with van der Waals surface area (Å²) in [6.45, 7) is 4.92. The highest BCUT2D eigenvalue weighted by atomic mass is 35.5. The van der Waals surface area contributed by atoms with E-state index >= 15 is 0 Å². The quantitative estimate of drug-likeness (QED) is 0.513. The lowest BCUT2D eigenvalue weighted by atomic mass is 10.1. The fourth-order valence-electron chi connectivity index (χ4n) is 3.29. The molecule has 0 unspecified atom stereocenters. The van der Waals surface area contributed by atoms with Gasteiger partial charge in [0.25, 0.3) is 10.0 Å². The van der Waals surface area contributed by atoms with Crippen molar-refractivity contribution in [3.8, 4) is 0 Å². The molecule has 0 aromatic heterocycles. The van der Waals surface area contributed by atoms with Crippen molar-refractivity contribution < 1.29 is 17.6 Å². The van der Waals surface area contributed by atoms with E-state index in [1.165, 1.54) is 24.3 Å². The number of anilines is 1. The maximum absolute atomic E-state index is 13.5. The molecular weight excluding hydrogens is 451 g/mol. The summed E-state index contributed by atoms with van der Waals surface area (Å²) in [5.74, 6) is -0.868. The summed E-state index contributed by atoms with van der Waals surface area (Å²) < 4.78 is 41.2. The van der Waals surface area contributed by atoms with Crippen LogP contribution in [0.25, 0.3) is 0 Å². The molecule has 0 saturated heterocycles. The van der Waals surface area contributed by atoms with Gasteiger partial charge < -0.3 is 5.32 Å². The number of halogens is 2. The molecule has 3 aromatic rings. The smallest absolute Gasteiger partial charge is 0.264 e. The minimum Gasteiger partial charge on any atom is -0.348 e. The standard InChI is InChI=1S/C24H24ClFN2O3S/c1-16-4-11-22(12-5-16)32(30,31)28(23-13-8-20(25)14-17(23)2)15-24(29)27-18(3)19-6-9-21(26)10-7-19/h4-14,18H,15H2,1-3H3,(H,27,29)/t18-/m0/s1. The summed E-state index contributed by atoms with van der Waals surface area (Å²) in [6.07, 6.45) is 0. The van der Waals surface area contributed by atoms with E-state index in [4.69, 9.17) is 11.6 Å². The number of hydrogen-bond donors (Lipinski definition) is 1. The van der Waals surface area contributed by atoms with E-state index in [9.17, 15) is 17.6 Å². The van der Waals surface area contributed by atoms with Gasteiger partial charge in [-0.1, -0.05) is 41.4 Å². The van der Waals surface area contributed by atoms with Crippen molar-refractivity contribution in [1.29, 1.82) is 0 Å². The van der Waals surface area contributed by atoms with Gasteiger partial charge in [-0.2, -0.15) is 0 Å². The predicted octanol–water partition coefficient (Wildman–Crippen LogP) is 5.17. The highest BCUT2D eigenvalue weighted by Gasteiger charge is 2.28. The van der Waals surface area contributed by atoms with Crippen LogP contribution in [0, 0.1) is 19.7 Å². The summed E-state index contributed by atoms with van der Waals surface area (Å²) >= 11 is 6.05. The van der Waals surface area contributed by atoms with Gasteiger partial charge in [0.1, 0.15) is 12.4 Å². The third-order valence-corrected chi connectivity index (χ3v) is 7.08. The van der Waals surface area contributed by atoms with Crippen molar-refractivity contribution in [2.75, 3.05) is 10.8 Å². The number of aryl methyl sites for hydroxylation is 2. The first-order valence-electron chi connectivity index (χ1n) is 9.98. The Morgan fingerprint density at radius 1 is 1.03 bits per heavy atom.